The Morgan fingerprint density at radius 2 is 1.95 bits per heavy atom. The second-order valence-corrected chi connectivity index (χ2v) is 5.16. The predicted octanol–water partition coefficient (Wildman–Crippen LogP) is 3.16. The fraction of sp³-hybridized carbons (Fsp3) is 0.0909. The number of nitrogens with zero attached hydrogens (tertiary/aromatic N) is 3. The van der Waals surface area contributed by atoms with Gasteiger partial charge in [-0.1, -0.05) is 0 Å². The van der Waals surface area contributed by atoms with E-state index in [1.165, 1.54) is 12.1 Å². The van der Waals surface area contributed by atoms with Crippen molar-refractivity contribution in [3.63, 3.8) is 0 Å². The van der Waals surface area contributed by atoms with Crippen molar-refractivity contribution in [1.82, 2.24) is 0 Å². The molecule has 0 aromatic heterocycles. The van der Waals surface area contributed by atoms with Crippen molar-refractivity contribution in [2.75, 3.05) is 11.4 Å². The summed E-state index contributed by atoms with van der Waals surface area (Å²) in [5, 5.41) is 21.7. The highest BCUT2D eigenvalue weighted by Crippen LogP contribution is 2.33. The molecule has 0 bridgehead atoms. The number of nitro benzene ring substituents is 2. The van der Waals surface area contributed by atoms with Crippen LogP contribution < -0.4 is 4.90 Å². The third kappa shape index (κ3) is 2.89. The zero-order chi connectivity index (χ0) is 14.0. The Hall–Kier alpha value is -1.97. The predicted molar refractivity (Wildman–Crippen MR) is 78.3 cm³/mol. The molecule has 0 unspecified atom stereocenters. The lowest BCUT2D eigenvalue weighted by atomic mass is 10.2. The van der Waals surface area contributed by atoms with Gasteiger partial charge in [-0.2, -0.15) is 0 Å². The minimum Gasteiger partial charge on any atom is -0.338 e. The summed E-state index contributed by atoms with van der Waals surface area (Å²) in [4.78, 5) is 22.1. The number of anilines is 1. The molecule has 1 aliphatic rings. The number of non-ortho nitro benzene ring substituents is 1. The van der Waals surface area contributed by atoms with E-state index >= 15 is 0 Å². The summed E-state index contributed by atoms with van der Waals surface area (Å²) in [7, 11) is 0. The van der Waals surface area contributed by atoms with E-state index in [1.54, 1.807) is 17.2 Å². The Kier molecular flexibility index (Phi) is 3.79. The van der Waals surface area contributed by atoms with Gasteiger partial charge in [0.1, 0.15) is 5.69 Å². The topological polar surface area (TPSA) is 89.5 Å². The third-order valence-electron chi connectivity index (χ3n) is 2.54. The van der Waals surface area contributed by atoms with E-state index in [1.807, 2.05) is 6.08 Å². The monoisotopic (exact) mass is 373 g/mol. The van der Waals surface area contributed by atoms with Crippen LogP contribution >= 0.6 is 22.6 Å². The molecule has 0 fully saturated rings. The summed E-state index contributed by atoms with van der Waals surface area (Å²) in [5.41, 5.74) is -0.222. The zero-order valence-corrected chi connectivity index (χ0v) is 11.7. The van der Waals surface area contributed by atoms with Crippen molar-refractivity contribution in [2.24, 2.45) is 0 Å². The minimum atomic E-state index is -0.646. The van der Waals surface area contributed by atoms with E-state index in [0.717, 1.165) is 9.65 Å². The summed E-state index contributed by atoms with van der Waals surface area (Å²) in [6.07, 6.45) is 5.38. The van der Waals surface area contributed by atoms with Gasteiger partial charge in [-0.15, -0.1) is 0 Å². The highest BCUT2D eigenvalue weighted by Gasteiger charge is 2.23. The summed E-state index contributed by atoms with van der Waals surface area (Å²) in [6, 6.07) is 3.64. The van der Waals surface area contributed by atoms with Crippen LogP contribution in [0.5, 0.6) is 0 Å². The fourth-order valence-corrected chi connectivity index (χ4v) is 2.27. The van der Waals surface area contributed by atoms with Crippen LogP contribution in [0.3, 0.4) is 0 Å². The molecular formula is C11H8IN3O4. The molecule has 0 N–H and O–H groups in total. The SMILES string of the molecule is O=[N+]([O-])c1ccc(N2C=CC=C(I)C2)c([N+](=O)[O-])c1. The van der Waals surface area contributed by atoms with Gasteiger partial charge in [-0.3, -0.25) is 20.2 Å². The van der Waals surface area contributed by atoms with Gasteiger partial charge in [0.05, 0.1) is 22.5 Å². The fourth-order valence-electron chi connectivity index (χ4n) is 1.70. The van der Waals surface area contributed by atoms with Gasteiger partial charge < -0.3 is 4.90 Å². The van der Waals surface area contributed by atoms with E-state index in [0.29, 0.717) is 12.2 Å². The molecule has 1 aromatic rings. The maximum Gasteiger partial charge on any atom is 0.299 e. The molecule has 0 radical (unpaired) electrons. The Bertz CT molecular complexity index is 612. The van der Waals surface area contributed by atoms with Crippen LogP contribution in [0.15, 0.2) is 40.1 Å². The molecule has 0 aliphatic carbocycles. The molecule has 1 heterocycles. The number of hydrogen-bond acceptors (Lipinski definition) is 5. The Morgan fingerprint density at radius 1 is 1.21 bits per heavy atom. The van der Waals surface area contributed by atoms with Gasteiger partial charge in [-0.25, -0.2) is 0 Å². The number of benzene rings is 1. The average Bonchev–Trinajstić information content (AvgIpc) is 2.37. The Labute approximate surface area is 121 Å². The third-order valence-corrected chi connectivity index (χ3v) is 3.24. The molecule has 1 aliphatic heterocycles. The lowest BCUT2D eigenvalue weighted by molar-refractivity contribution is -0.393. The van der Waals surface area contributed by atoms with Crippen molar-refractivity contribution in [2.45, 2.75) is 0 Å². The molecule has 0 amide bonds. The summed E-state index contributed by atoms with van der Waals surface area (Å²) >= 11 is 2.14. The molecule has 7 nitrogen and oxygen atoms in total. The van der Waals surface area contributed by atoms with Crippen LogP contribution in [0.1, 0.15) is 0 Å². The van der Waals surface area contributed by atoms with E-state index < -0.39 is 9.85 Å². The molecule has 1 aromatic carbocycles. The lowest BCUT2D eigenvalue weighted by Gasteiger charge is -2.22. The second-order valence-electron chi connectivity index (χ2n) is 3.77. The standard InChI is InChI=1S/C11H8IN3O4/c12-8-2-1-5-13(7-8)10-4-3-9(14(16)17)6-11(10)15(18)19/h1-6H,7H2. The van der Waals surface area contributed by atoms with Crippen LogP contribution in [0, 0.1) is 20.2 Å². The molecular weight excluding hydrogens is 365 g/mol. The molecule has 2 rings (SSSR count). The summed E-state index contributed by atoms with van der Waals surface area (Å²) < 4.78 is 1.02. The Balaban J connectivity index is 2.46. The van der Waals surface area contributed by atoms with Crippen LogP contribution in [-0.2, 0) is 0 Å². The first-order valence-electron chi connectivity index (χ1n) is 5.21. The van der Waals surface area contributed by atoms with Crippen molar-refractivity contribution >= 4 is 39.7 Å². The average molecular weight is 373 g/mol. The molecule has 98 valence electrons. The van der Waals surface area contributed by atoms with Crippen LogP contribution in [0.2, 0.25) is 0 Å². The number of allylic oxidation sites excluding steroid dienone is 2. The van der Waals surface area contributed by atoms with Crippen LogP contribution in [0.25, 0.3) is 0 Å². The second kappa shape index (κ2) is 5.34. The molecule has 19 heavy (non-hydrogen) atoms. The number of rotatable bonds is 3. The molecule has 0 saturated heterocycles. The number of nitro groups is 2. The smallest absolute Gasteiger partial charge is 0.299 e. The van der Waals surface area contributed by atoms with Gasteiger partial charge >= 0.3 is 0 Å². The molecule has 0 saturated carbocycles. The van der Waals surface area contributed by atoms with Crippen LogP contribution in [-0.4, -0.2) is 16.4 Å². The van der Waals surface area contributed by atoms with Crippen molar-refractivity contribution in [3.05, 3.63) is 60.4 Å². The maximum absolute atomic E-state index is 11.0. The quantitative estimate of drug-likeness (QED) is 0.461. The first kappa shape index (κ1) is 13.5. The number of hydrogen-bond donors (Lipinski definition) is 0. The van der Waals surface area contributed by atoms with E-state index in [9.17, 15) is 20.2 Å². The normalized spacial score (nSPS) is 14.2. The first-order chi connectivity index (χ1) is 8.99. The Morgan fingerprint density at radius 3 is 2.53 bits per heavy atom. The minimum absolute atomic E-state index is 0.273. The van der Waals surface area contributed by atoms with Gasteiger partial charge in [0, 0.05) is 15.8 Å². The van der Waals surface area contributed by atoms with Gasteiger partial charge in [0.25, 0.3) is 11.4 Å². The lowest BCUT2D eigenvalue weighted by Crippen LogP contribution is -2.20. The van der Waals surface area contributed by atoms with E-state index in [2.05, 4.69) is 22.6 Å². The zero-order valence-electron chi connectivity index (χ0n) is 9.52. The van der Waals surface area contributed by atoms with Crippen molar-refractivity contribution < 1.29 is 9.85 Å². The molecule has 8 heteroatoms. The van der Waals surface area contributed by atoms with Gasteiger partial charge in [0.15, 0.2) is 0 Å². The first-order valence-corrected chi connectivity index (χ1v) is 6.29. The number of halogens is 1. The van der Waals surface area contributed by atoms with Gasteiger partial charge in [0.2, 0.25) is 0 Å². The van der Waals surface area contributed by atoms with Gasteiger partial charge in [-0.05, 0) is 40.8 Å². The van der Waals surface area contributed by atoms with Crippen LogP contribution in [0.4, 0.5) is 17.1 Å². The largest absolute Gasteiger partial charge is 0.338 e. The van der Waals surface area contributed by atoms with Crippen molar-refractivity contribution in [1.29, 1.82) is 0 Å². The van der Waals surface area contributed by atoms with Crippen molar-refractivity contribution in [3.8, 4) is 0 Å². The highest BCUT2D eigenvalue weighted by atomic mass is 127. The highest BCUT2D eigenvalue weighted by molar-refractivity contribution is 14.1. The van der Waals surface area contributed by atoms with E-state index in [-0.39, 0.29) is 11.4 Å². The molecule has 0 spiro atoms. The molecule has 0 atom stereocenters. The summed E-state index contributed by atoms with van der Waals surface area (Å²) in [6.45, 7) is 0.510. The summed E-state index contributed by atoms with van der Waals surface area (Å²) in [5.74, 6) is 0. The maximum atomic E-state index is 11.0. The van der Waals surface area contributed by atoms with E-state index in [4.69, 9.17) is 0 Å².